The summed E-state index contributed by atoms with van der Waals surface area (Å²) in [6, 6.07) is 0. The molecular weight excluding hydrogens is 1170 g/mol. The molecule has 0 aliphatic carbocycles. The molecule has 3 N–H and O–H groups in total. The van der Waals surface area contributed by atoms with E-state index in [1.54, 1.807) is 0 Å². The summed E-state index contributed by atoms with van der Waals surface area (Å²) >= 11 is 0. The molecule has 0 fully saturated rings. The van der Waals surface area contributed by atoms with Crippen molar-refractivity contribution in [2.75, 3.05) is 39.6 Å². The van der Waals surface area contributed by atoms with E-state index in [9.17, 15) is 43.2 Å². The number of carbonyl (C=O) groups excluding carboxylic acids is 4. The van der Waals surface area contributed by atoms with Gasteiger partial charge in [-0.3, -0.25) is 37.3 Å². The maximum atomic E-state index is 13.0. The second-order valence-corrected chi connectivity index (χ2v) is 29.6. The van der Waals surface area contributed by atoms with Gasteiger partial charge >= 0.3 is 39.5 Å². The first-order valence-electron chi connectivity index (χ1n) is 36.3. The largest absolute Gasteiger partial charge is 0.472 e. The number of aliphatic hydroxyl groups excluding tert-OH is 1. The van der Waals surface area contributed by atoms with Crippen molar-refractivity contribution in [2.24, 2.45) is 17.8 Å². The third-order valence-corrected chi connectivity index (χ3v) is 18.0. The molecule has 0 aliphatic rings. The Morgan fingerprint density at radius 3 is 0.764 bits per heavy atom. The summed E-state index contributed by atoms with van der Waals surface area (Å²) in [6.45, 7) is 11.8. The first-order chi connectivity index (χ1) is 42.7. The average molecular weight is 1310 g/mol. The number of unbranched alkanes of at least 4 members (excludes halogenated alkanes) is 36. The Morgan fingerprint density at radius 2 is 0.517 bits per heavy atom. The normalized spacial score (nSPS) is 14.2. The third-order valence-electron chi connectivity index (χ3n) is 16.1. The molecule has 0 aliphatic heterocycles. The van der Waals surface area contributed by atoms with Crippen molar-refractivity contribution in [1.29, 1.82) is 0 Å². The van der Waals surface area contributed by atoms with Crippen LogP contribution in [0.1, 0.15) is 350 Å². The van der Waals surface area contributed by atoms with E-state index in [0.717, 1.165) is 108 Å². The highest BCUT2D eigenvalue weighted by Gasteiger charge is 2.30. The van der Waals surface area contributed by atoms with Crippen molar-refractivity contribution in [1.82, 2.24) is 0 Å². The minimum Gasteiger partial charge on any atom is -0.462 e. The van der Waals surface area contributed by atoms with Crippen LogP contribution < -0.4 is 0 Å². The zero-order chi connectivity index (χ0) is 65.9. The number of carbonyl (C=O) groups is 4. The predicted octanol–water partition coefficient (Wildman–Crippen LogP) is 19.8. The van der Waals surface area contributed by atoms with Crippen LogP contribution in [0.5, 0.6) is 0 Å². The van der Waals surface area contributed by atoms with Gasteiger partial charge in [-0.05, 0) is 43.4 Å². The van der Waals surface area contributed by atoms with Crippen molar-refractivity contribution < 1.29 is 80.2 Å². The molecule has 0 aromatic heterocycles. The van der Waals surface area contributed by atoms with Gasteiger partial charge < -0.3 is 33.8 Å². The van der Waals surface area contributed by atoms with E-state index in [0.29, 0.717) is 31.6 Å². The maximum absolute atomic E-state index is 13.0. The number of hydrogen-bond donors (Lipinski definition) is 3. The summed E-state index contributed by atoms with van der Waals surface area (Å²) in [7, 11) is -9.90. The number of ether oxygens (including phenoxy) is 4. The van der Waals surface area contributed by atoms with Gasteiger partial charge in [-0.1, -0.05) is 299 Å². The molecule has 0 heterocycles. The van der Waals surface area contributed by atoms with E-state index in [-0.39, 0.29) is 25.7 Å². The van der Waals surface area contributed by atoms with E-state index in [1.807, 2.05) is 0 Å². The summed E-state index contributed by atoms with van der Waals surface area (Å²) in [4.78, 5) is 72.5. The fourth-order valence-electron chi connectivity index (χ4n) is 10.5. The molecule has 0 rings (SSSR count). The van der Waals surface area contributed by atoms with Gasteiger partial charge in [-0.15, -0.1) is 0 Å². The molecule has 0 saturated heterocycles. The van der Waals surface area contributed by atoms with Crippen molar-refractivity contribution >= 4 is 39.5 Å². The standard InChI is InChI=1S/C70H136O17P2/c1-8-9-10-11-12-13-14-19-22-30-37-44-51-67(72)80-57-65(86-69(74)53-46-39-31-23-20-17-15-16-18-21-27-34-41-48-61(2)3)59-84-88(76,77)82-55-64(71)56-83-89(78,79)85-60-66(58-81-68(73)52-45-38-33-26-29-36-43-50-63(6)7)87-70(75)54-47-40-32-25-24-28-35-42-49-62(4)5/h61-66,71H,8-60H2,1-7H3,(H,76,77)(H,78,79)/t64-,65-,66-/m1/s1. The Bertz CT molecular complexity index is 1750. The summed E-state index contributed by atoms with van der Waals surface area (Å²) in [6.07, 6.45) is 44.5. The first kappa shape index (κ1) is 87.1. The molecule has 0 aromatic rings. The van der Waals surface area contributed by atoms with Crippen LogP contribution >= 0.6 is 15.6 Å². The third kappa shape index (κ3) is 64.6. The Labute approximate surface area is 543 Å². The van der Waals surface area contributed by atoms with E-state index in [4.69, 9.17) is 37.0 Å². The Balaban J connectivity index is 5.24. The Hall–Kier alpha value is -1.94. The number of aliphatic hydroxyl groups is 1. The van der Waals surface area contributed by atoms with Gasteiger partial charge in [0.2, 0.25) is 0 Å². The van der Waals surface area contributed by atoms with Gasteiger partial charge in [0, 0.05) is 25.7 Å². The molecule has 0 amide bonds. The van der Waals surface area contributed by atoms with Crippen LogP contribution in [0.3, 0.4) is 0 Å². The average Bonchev–Trinajstić information content (AvgIpc) is 3.70. The maximum Gasteiger partial charge on any atom is 0.472 e. The van der Waals surface area contributed by atoms with Crippen LogP contribution in [0.4, 0.5) is 0 Å². The van der Waals surface area contributed by atoms with E-state index in [1.165, 1.54) is 154 Å². The smallest absolute Gasteiger partial charge is 0.462 e. The van der Waals surface area contributed by atoms with E-state index in [2.05, 4.69) is 48.5 Å². The molecule has 19 heteroatoms. The lowest BCUT2D eigenvalue weighted by molar-refractivity contribution is -0.161. The van der Waals surface area contributed by atoms with Crippen molar-refractivity contribution in [2.45, 2.75) is 369 Å². The van der Waals surface area contributed by atoms with Crippen LogP contribution in [0.2, 0.25) is 0 Å². The van der Waals surface area contributed by atoms with Gasteiger partial charge in [0.05, 0.1) is 26.4 Å². The van der Waals surface area contributed by atoms with Crippen LogP contribution in [0.15, 0.2) is 0 Å². The Morgan fingerprint density at radius 1 is 0.303 bits per heavy atom. The number of hydrogen-bond acceptors (Lipinski definition) is 15. The lowest BCUT2D eigenvalue weighted by Crippen LogP contribution is -2.30. The highest BCUT2D eigenvalue weighted by Crippen LogP contribution is 2.45. The SMILES string of the molecule is CCCCCCCCCCCCCCC(=O)OC[C@H](COP(=O)(O)OC[C@@H](O)COP(=O)(O)OC[C@@H](COC(=O)CCCCCCCCCC(C)C)OC(=O)CCCCCCCCCCC(C)C)OC(=O)CCCCCCCCCCCCCCCC(C)C. The molecule has 528 valence electrons. The summed E-state index contributed by atoms with van der Waals surface area (Å²) in [5.74, 6) is 0.0823. The van der Waals surface area contributed by atoms with E-state index >= 15 is 0 Å². The predicted molar refractivity (Wildman–Crippen MR) is 358 cm³/mol. The second-order valence-electron chi connectivity index (χ2n) is 26.7. The van der Waals surface area contributed by atoms with Gasteiger partial charge in [0.1, 0.15) is 19.3 Å². The summed E-state index contributed by atoms with van der Waals surface area (Å²) < 4.78 is 68.3. The quantitative estimate of drug-likeness (QED) is 0.0222. The van der Waals surface area contributed by atoms with Crippen molar-refractivity contribution in [3.8, 4) is 0 Å². The van der Waals surface area contributed by atoms with Crippen molar-refractivity contribution in [3.63, 3.8) is 0 Å². The van der Waals surface area contributed by atoms with Crippen LogP contribution in [0, 0.1) is 17.8 Å². The summed E-state index contributed by atoms with van der Waals surface area (Å²) in [5, 5.41) is 10.6. The minimum atomic E-state index is -4.95. The zero-order valence-electron chi connectivity index (χ0n) is 57.9. The highest BCUT2D eigenvalue weighted by atomic mass is 31.2. The van der Waals surface area contributed by atoms with Gasteiger partial charge in [-0.2, -0.15) is 0 Å². The molecule has 5 atom stereocenters. The molecule has 89 heavy (non-hydrogen) atoms. The number of phosphoric acid groups is 2. The summed E-state index contributed by atoms with van der Waals surface area (Å²) in [5.41, 5.74) is 0. The molecule has 0 radical (unpaired) electrons. The monoisotopic (exact) mass is 1310 g/mol. The van der Waals surface area contributed by atoms with Gasteiger partial charge in [0.25, 0.3) is 0 Å². The molecule has 0 aromatic carbocycles. The molecular formula is C70H136O17P2. The zero-order valence-corrected chi connectivity index (χ0v) is 59.7. The number of phosphoric ester groups is 2. The van der Waals surface area contributed by atoms with Crippen LogP contribution in [0.25, 0.3) is 0 Å². The van der Waals surface area contributed by atoms with Crippen LogP contribution in [-0.2, 0) is 65.4 Å². The molecule has 0 saturated carbocycles. The highest BCUT2D eigenvalue weighted by molar-refractivity contribution is 7.47. The number of esters is 4. The molecule has 0 bridgehead atoms. The molecule has 17 nitrogen and oxygen atoms in total. The van der Waals surface area contributed by atoms with Crippen LogP contribution in [-0.4, -0.2) is 96.7 Å². The molecule has 0 spiro atoms. The lowest BCUT2D eigenvalue weighted by atomic mass is 10.0. The first-order valence-corrected chi connectivity index (χ1v) is 39.3. The molecule has 2 unspecified atom stereocenters. The lowest BCUT2D eigenvalue weighted by Gasteiger charge is -2.21. The fourth-order valence-corrected chi connectivity index (χ4v) is 12.1. The van der Waals surface area contributed by atoms with Crippen molar-refractivity contribution in [3.05, 3.63) is 0 Å². The van der Waals surface area contributed by atoms with Gasteiger partial charge in [-0.25, -0.2) is 9.13 Å². The van der Waals surface area contributed by atoms with E-state index < -0.39 is 97.5 Å². The topological polar surface area (TPSA) is 237 Å². The van der Waals surface area contributed by atoms with Gasteiger partial charge in [0.15, 0.2) is 12.2 Å². The Kier molecular flexibility index (Phi) is 59.6. The fraction of sp³-hybridized carbons (Fsp3) is 0.943. The number of rotatable bonds is 68. The minimum absolute atomic E-state index is 0.103. The second kappa shape index (κ2) is 61.0.